The Bertz CT molecular complexity index is 1250. The molecule has 228 valence electrons. The number of hydrogen-bond acceptors (Lipinski definition) is 5. The summed E-state index contributed by atoms with van der Waals surface area (Å²) >= 11 is 0. The lowest BCUT2D eigenvalue weighted by Gasteiger charge is -2.37. The fourth-order valence-electron chi connectivity index (χ4n) is 5.22. The number of carbonyl (C=O) groups is 4. The Morgan fingerprint density at radius 3 is 2.40 bits per heavy atom. The predicted molar refractivity (Wildman–Crippen MR) is 163 cm³/mol. The highest BCUT2D eigenvalue weighted by Gasteiger charge is 2.28. The van der Waals surface area contributed by atoms with Crippen LogP contribution in [0.2, 0.25) is 0 Å². The smallest absolute Gasteiger partial charge is 0.254 e. The van der Waals surface area contributed by atoms with Gasteiger partial charge in [0.15, 0.2) is 0 Å². The summed E-state index contributed by atoms with van der Waals surface area (Å²) < 4.78 is 14.3. The van der Waals surface area contributed by atoms with E-state index in [0.717, 1.165) is 29.8 Å². The molecule has 1 unspecified atom stereocenters. The number of benzene rings is 2. The molecule has 2 aromatic carbocycles. The van der Waals surface area contributed by atoms with E-state index in [1.807, 2.05) is 38.1 Å². The fraction of sp³-hybridized carbons (Fsp3) is 0.500. The van der Waals surface area contributed by atoms with Crippen molar-refractivity contribution in [3.63, 3.8) is 0 Å². The molecule has 42 heavy (non-hydrogen) atoms. The highest BCUT2D eigenvalue weighted by atomic mass is 19.1. The summed E-state index contributed by atoms with van der Waals surface area (Å²) in [5.74, 6) is -1.65. The van der Waals surface area contributed by atoms with E-state index >= 15 is 0 Å². The van der Waals surface area contributed by atoms with E-state index in [1.165, 1.54) is 12.1 Å². The highest BCUT2D eigenvalue weighted by molar-refractivity contribution is 5.97. The summed E-state index contributed by atoms with van der Waals surface area (Å²) in [6, 6.07) is 11.9. The van der Waals surface area contributed by atoms with Gasteiger partial charge in [-0.05, 0) is 61.2 Å². The topological polar surface area (TPSA) is 93.3 Å². The maximum atomic E-state index is 14.3. The molecule has 1 fully saturated rings. The van der Waals surface area contributed by atoms with E-state index in [1.54, 1.807) is 34.9 Å². The molecular formula is C32H44FN5O4. The number of nitrogens with one attached hydrogen (secondary N) is 1. The zero-order valence-electron chi connectivity index (χ0n) is 25.5. The van der Waals surface area contributed by atoms with Crippen molar-refractivity contribution >= 4 is 35.0 Å². The molecule has 1 aliphatic heterocycles. The molecule has 10 heteroatoms. The molecule has 1 heterocycles. The van der Waals surface area contributed by atoms with Crippen molar-refractivity contribution in [1.29, 1.82) is 0 Å². The minimum atomic E-state index is -0.638. The first-order valence-corrected chi connectivity index (χ1v) is 14.8. The SMILES string of the molecule is CCCC1CCN(c2ccc(N(C)C(=O)CC)cc2)CN(C)C(=O)CCN1C(=O)CNC(=O)c1cc(CC)ccc1F. The third-order valence-corrected chi connectivity index (χ3v) is 7.85. The summed E-state index contributed by atoms with van der Waals surface area (Å²) in [6.07, 6.45) is 3.48. The number of anilines is 2. The van der Waals surface area contributed by atoms with Crippen LogP contribution in [0.25, 0.3) is 0 Å². The number of carbonyl (C=O) groups excluding carboxylic acids is 4. The van der Waals surface area contributed by atoms with Crippen molar-refractivity contribution in [3.05, 3.63) is 59.4 Å². The summed E-state index contributed by atoms with van der Waals surface area (Å²) in [4.78, 5) is 58.4. The van der Waals surface area contributed by atoms with Gasteiger partial charge < -0.3 is 24.9 Å². The van der Waals surface area contributed by atoms with E-state index < -0.39 is 11.7 Å². The van der Waals surface area contributed by atoms with Crippen LogP contribution in [0.4, 0.5) is 15.8 Å². The van der Waals surface area contributed by atoms with Crippen LogP contribution in [0, 0.1) is 5.82 Å². The number of hydrogen-bond donors (Lipinski definition) is 1. The minimum Gasteiger partial charge on any atom is -0.354 e. The van der Waals surface area contributed by atoms with Crippen LogP contribution in [0.1, 0.15) is 68.8 Å². The van der Waals surface area contributed by atoms with E-state index in [0.29, 0.717) is 32.5 Å². The van der Waals surface area contributed by atoms with Gasteiger partial charge in [-0.25, -0.2) is 4.39 Å². The van der Waals surface area contributed by atoms with Crippen LogP contribution in [-0.2, 0) is 20.8 Å². The first-order chi connectivity index (χ1) is 20.1. The maximum Gasteiger partial charge on any atom is 0.254 e. The number of nitrogens with zero attached hydrogens (tertiary/aromatic N) is 4. The molecular weight excluding hydrogens is 537 g/mol. The second-order valence-electron chi connectivity index (χ2n) is 10.7. The molecule has 9 nitrogen and oxygen atoms in total. The molecule has 1 saturated heterocycles. The zero-order chi connectivity index (χ0) is 30.8. The van der Waals surface area contributed by atoms with Gasteiger partial charge in [0.2, 0.25) is 17.7 Å². The zero-order valence-corrected chi connectivity index (χ0v) is 25.5. The van der Waals surface area contributed by atoms with Crippen molar-refractivity contribution in [2.75, 3.05) is 50.2 Å². The molecule has 0 aromatic heterocycles. The fourth-order valence-corrected chi connectivity index (χ4v) is 5.22. The second-order valence-corrected chi connectivity index (χ2v) is 10.7. The van der Waals surface area contributed by atoms with E-state index in [4.69, 9.17) is 0 Å². The molecule has 2 aromatic rings. The monoisotopic (exact) mass is 581 g/mol. The molecule has 0 radical (unpaired) electrons. The van der Waals surface area contributed by atoms with Gasteiger partial charge in [-0.3, -0.25) is 19.2 Å². The Morgan fingerprint density at radius 1 is 1.05 bits per heavy atom. The summed E-state index contributed by atoms with van der Waals surface area (Å²) in [5.41, 5.74) is 2.44. The van der Waals surface area contributed by atoms with Gasteiger partial charge in [-0.15, -0.1) is 0 Å². The quantitative estimate of drug-likeness (QED) is 0.479. The number of halogens is 1. The lowest BCUT2D eigenvalue weighted by molar-refractivity contribution is -0.135. The van der Waals surface area contributed by atoms with Crippen LogP contribution in [0.15, 0.2) is 42.5 Å². The third-order valence-electron chi connectivity index (χ3n) is 7.85. The van der Waals surface area contributed by atoms with Crippen molar-refractivity contribution in [2.45, 2.75) is 65.3 Å². The van der Waals surface area contributed by atoms with Crippen LogP contribution in [0.3, 0.4) is 0 Å². The summed E-state index contributed by atoms with van der Waals surface area (Å²) in [7, 11) is 3.49. The summed E-state index contributed by atoms with van der Waals surface area (Å²) in [6.45, 7) is 6.75. The molecule has 3 rings (SSSR count). The van der Waals surface area contributed by atoms with E-state index in [2.05, 4.69) is 17.1 Å². The normalized spacial score (nSPS) is 16.3. The van der Waals surface area contributed by atoms with E-state index in [-0.39, 0.29) is 48.8 Å². The van der Waals surface area contributed by atoms with Gasteiger partial charge in [-0.1, -0.05) is 33.3 Å². The van der Waals surface area contributed by atoms with Gasteiger partial charge in [0.25, 0.3) is 5.91 Å². The number of rotatable bonds is 9. The second kappa shape index (κ2) is 15.3. The lowest BCUT2D eigenvalue weighted by atomic mass is 10.0. The molecule has 1 N–H and O–H groups in total. The van der Waals surface area contributed by atoms with E-state index in [9.17, 15) is 23.6 Å². The average molecular weight is 582 g/mol. The molecule has 4 amide bonds. The third kappa shape index (κ3) is 8.30. The van der Waals surface area contributed by atoms with Gasteiger partial charge in [0, 0.05) is 57.4 Å². The summed E-state index contributed by atoms with van der Waals surface area (Å²) in [5, 5.41) is 2.59. The molecule has 0 bridgehead atoms. The number of aryl methyl sites for hydroxylation is 1. The van der Waals surface area contributed by atoms with Crippen molar-refractivity contribution in [1.82, 2.24) is 15.1 Å². The van der Waals surface area contributed by atoms with Gasteiger partial charge in [0.05, 0.1) is 18.8 Å². The Hall–Kier alpha value is -3.95. The average Bonchev–Trinajstić information content (AvgIpc) is 3.00. The molecule has 1 atom stereocenters. The van der Waals surface area contributed by atoms with Gasteiger partial charge in [0.1, 0.15) is 5.82 Å². The van der Waals surface area contributed by atoms with Crippen LogP contribution in [0.5, 0.6) is 0 Å². The van der Waals surface area contributed by atoms with Crippen LogP contribution >= 0.6 is 0 Å². The lowest BCUT2D eigenvalue weighted by Crippen LogP contribution is -2.50. The van der Waals surface area contributed by atoms with Crippen molar-refractivity contribution in [2.24, 2.45) is 0 Å². The highest BCUT2D eigenvalue weighted by Crippen LogP contribution is 2.24. The van der Waals surface area contributed by atoms with Crippen LogP contribution < -0.4 is 15.1 Å². The van der Waals surface area contributed by atoms with Crippen molar-refractivity contribution in [3.8, 4) is 0 Å². The largest absolute Gasteiger partial charge is 0.354 e. The first-order valence-electron chi connectivity index (χ1n) is 14.8. The minimum absolute atomic E-state index is 0.0232. The standard InChI is InChI=1S/C32H44FN5O4/c1-6-9-26-16-18-37(25-13-11-24(12-14-25)36(5)29(39)8-3)22-35(4)30(40)17-19-38(26)31(41)21-34-32(42)27-20-23(7-2)10-15-28(27)33/h10-15,20,26H,6-9,16-19,21-22H2,1-5H3,(H,34,42). The Kier molecular flexibility index (Phi) is 11.9. The molecule has 1 aliphatic rings. The Labute approximate surface area is 248 Å². The number of amides is 4. The van der Waals surface area contributed by atoms with Crippen molar-refractivity contribution < 1.29 is 23.6 Å². The first kappa shape index (κ1) is 32.6. The Balaban J connectivity index is 1.77. The predicted octanol–water partition coefficient (Wildman–Crippen LogP) is 4.20. The maximum absolute atomic E-state index is 14.3. The Morgan fingerprint density at radius 2 is 1.76 bits per heavy atom. The van der Waals surface area contributed by atoms with Gasteiger partial charge in [-0.2, -0.15) is 0 Å². The molecule has 0 saturated carbocycles. The van der Waals surface area contributed by atoms with Crippen LogP contribution in [-0.4, -0.2) is 79.9 Å². The molecule has 0 aliphatic carbocycles. The van der Waals surface area contributed by atoms with Gasteiger partial charge >= 0.3 is 0 Å². The molecule has 0 spiro atoms.